The monoisotopic (exact) mass is 340 g/mol. The fourth-order valence-electron chi connectivity index (χ4n) is 3.32. The van der Waals surface area contributed by atoms with Gasteiger partial charge in [0.2, 0.25) is 0 Å². The molecule has 2 aliphatic rings. The van der Waals surface area contributed by atoms with Gasteiger partial charge in [0.15, 0.2) is 5.78 Å². The van der Waals surface area contributed by atoms with Gasteiger partial charge in [0.1, 0.15) is 5.54 Å². The van der Waals surface area contributed by atoms with Crippen LogP contribution in [0.4, 0.5) is 4.79 Å². The minimum absolute atomic E-state index is 0.0917. The second-order valence-corrected chi connectivity index (χ2v) is 7.68. The zero-order valence-corrected chi connectivity index (χ0v) is 13.8. The zero-order chi connectivity index (χ0) is 15.9. The highest BCUT2D eigenvalue weighted by Gasteiger charge is 2.55. The van der Waals surface area contributed by atoms with E-state index in [9.17, 15) is 14.4 Å². The molecule has 1 aromatic rings. The second-order valence-electron chi connectivity index (χ2n) is 5.97. The number of nitrogens with one attached hydrogen (secondary N) is 1. The van der Waals surface area contributed by atoms with Gasteiger partial charge in [-0.05, 0) is 30.9 Å². The normalized spacial score (nSPS) is 28.3. The van der Waals surface area contributed by atoms with Gasteiger partial charge in [-0.3, -0.25) is 14.5 Å². The van der Waals surface area contributed by atoms with Crippen LogP contribution in [0.3, 0.4) is 0 Å². The molecule has 3 amide bonds. The molecule has 118 valence electrons. The van der Waals surface area contributed by atoms with Crippen molar-refractivity contribution in [2.45, 2.75) is 38.1 Å². The molecule has 1 saturated heterocycles. The Kier molecular flexibility index (Phi) is 3.99. The van der Waals surface area contributed by atoms with Crippen molar-refractivity contribution in [3.8, 4) is 0 Å². The summed E-state index contributed by atoms with van der Waals surface area (Å²) in [5.74, 6) is -0.435. The minimum Gasteiger partial charge on any atom is -0.323 e. The third kappa shape index (κ3) is 2.44. The minimum atomic E-state index is -0.817. The van der Waals surface area contributed by atoms with Gasteiger partial charge >= 0.3 is 6.03 Å². The highest BCUT2D eigenvalue weighted by Crippen LogP contribution is 2.38. The highest BCUT2D eigenvalue weighted by atomic mass is 35.5. The van der Waals surface area contributed by atoms with E-state index in [1.54, 1.807) is 12.1 Å². The van der Waals surface area contributed by atoms with Gasteiger partial charge in [-0.2, -0.15) is 0 Å². The molecule has 22 heavy (non-hydrogen) atoms. The van der Waals surface area contributed by atoms with E-state index in [2.05, 4.69) is 5.32 Å². The van der Waals surface area contributed by atoms with Crippen molar-refractivity contribution in [2.75, 3.05) is 6.54 Å². The Hall–Kier alpha value is -1.40. The number of ketones is 1. The molecular formula is C15H17ClN2O3S. The first kappa shape index (κ1) is 15.5. The summed E-state index contributed by atoms with van der Waals surface area (Å²) in [6.07, 6.45) is 3.54. The van der Waals surface area contributed by atoms with E-state index in [1.165, 1.54) is 0 Å². The number of rotatable bonds is 3. The van der Waals surface area contributed by atoms with Crippen LogP contribution in [0.25, 0.3) is 0 Å². The van der Waals surface area contributed by atoms with Gasteiger partial charge < -0.3 is 5.32 Å². The number of carbonyl (C=O) groups is 3. The Labute approximate surface area is 137 Å². The maximum Gasteiger partial charge on any atom is 0.325 e. The average molecular weight is 341 g/mol. The lowest BCUT2D eigenvalue weighted by atomic mass is 9.73. The van der Waals surface area contributed by atoms with Gasteiger partial charge in [0, 0.05) is 0 Å². The number of nitrogens with zero attached hydrogens (tertiary/aromatic N) is 1. The van der Waals surface area contributed by atoms with E-state index in [0.717, 1.165) is 35.5 Å². The fraction of sp³-hybridized carbons (Fsp3) is 0.533. The van der Waals surface area contributed by atoms with Gasteiger partial charge in [-0.15, -0.1) is 11.3 Å². The molecule has 0 unspecified atom stereocenters. The third-order valence-corrected chi connectivity index (χ3v) is 5.92. The lowest BCUT2D eigenvalue weighted by Crippen LogP contribution is -2.54. The fourth-order valence-corrected chi connectivity index (χ4v) is 4.30. The Bertz CT molecular complexity index is 644. The lowest BCUT2D eigenvalue weighted by Gasteiger charge is -2.36. The predicted molar refractivity (Wildman–Crippen MR) is 84.3 cm³/mol. The van der Waals surface area contributed by atoms with Crippen molar-refractivity contribution in [1.29, 1.82) is 0 Å². The molecule has 1 spiro atoms. The van der Waals surface area contributed by atoms with E-state index in [-0.39, 0.29) is 24.2 Å². The number of Topliss-reactive ketones (excluding diaryl/α,β-unsaturated/α-hetero) is 1. The number of halogens is 1. The smallest absolute Gasteiger partial charge is 0.323 e. The summed E-state index contributed by atoms with van der Waals surface area (Å²) in [5.41, 5.74) is -0.817. The molecule has 3 rings (SSSR count). The van der Waals surface area contributed by atoms with Crippen LogP contribution in [0.5, 0.6) is 0 Å². The Balaban J connectivity index is 1.79. The molecule has 1 aliphatic heterocycles. The Morgan fingerprint density at radius 1 is 1.45 bits per heavy atom. The highest BCUT2D eigenvalue weighted by molar-refractivity contribution is 7.18. The summed E-state index contributed by atoms with van der Waals surface area (Å²) in [7, 11) is 0. The molecule has 2 atom stereocenters. The van der Waals surface area contributed by atoms with Crippen molar-refractivity contribution in [1.82, 2.24) is 10.2 Å². The second kappa shape index (κ2) is 5.66. The van der Waals surface area contributed by atoms with Crippen molar-refractivity contribution in [3.63, 3.8) is 0 Å². The van der Waals surface area contributed by atoms with Gasteiger partial charge in [0.05, 0.1) is 15.8 Å². The number of thiophene rings is 1. The molecule has 0 aromatic carbocycles. The maximum absolute atomic E-state index is 12.7. The summed E-state index contributed by atoms with van der Waals surface area (Å²) in [6.45, 7) is 1.76. The number of carbonyl (C=O) groups excluding carboxylic acids is 3. The number of hydrogen-bond donors (Lipinski definition) is 1. The molecule has 2 heterocycles. The summed E-state index contributed by atoms with van der Waals surface area (Å²) < 4.78 is 0.512. The predicted octanol–water partition coefficient (Wildman–Crippen LogP) is 3.08. The average Bonchev–Trinajstić information content (AvgIpc) is 3.01. The topological polar surface area (TPSA) is 66.5 Å². The van der Waals surface area contributed by atoms with Crippen LogP contribution < -0.4 is 5.32 Å². The van der Waals surface area contributed by atoms with Crippen molar-refractivity contribution < 1.29 is 14.4 Å². The van der Waals surface area contributed by atoms with Crippen LogP contribution in [0.15, 0.2) is 12.1 Å². The first-order valence-corrected chi connectivity index (χ1v) is 8.56. The van der Waals surface area contributed by atoms with Crippen LogP contribution in [0, 0.1) is 5.92 Å². The van der Waals surface area contributed by atoms with E-state index >= 15 is 0 Å². The van der Waals surface area contributed by atoms with Gasteiger partial charge in [-0.25, -0.2) is 4.79 Å². The molecule has 1 aromatic heterocycles. The first-order chi connectivity index (χ1) is 10.4. The quantitative estimate of drug-likeness (QED) is 0.679. The van der Waals surface area contributed by atoms with Crippen molar-refractivity contribution in [2.24, 2.45) is 5.92 Å². The summed E-state index contributed by atoms with van der Waals surface area (Å²) in [5, 5.41) is 2.84. The van der Waals surface area contributed by atoms with Crippen LogP contribution in [-0.4, -0.2) is 34.7 Å². The zero-order valence-electron chi connectivity index (χ0n) is 12.2. The van der Waals surface area contributed by atoms with Gasteiger partial charge in [-0.1, -0.05) is 31.4 Å². The molecule has 1 aliphatic carbocycles. The first-order valence-electron chi connectivity index (χ1n) is 7.37. The number of urea groups is 1. The number of hydrogen-bond acceptors (Lipinski definition) is 4. The standard InChI is InChI=1S/C15H17ClN2O3S/c1-9-4-2-3-7-15(9)13(20)18(14(21)17-15)8-10(19)11-5-6-12(16)22-11/h5-6,9H,2-4,7-8H2,1H3,(H,17,21)/t9-,15-/m1/s1. The summed E-state index contributed by atoms with van der Waals surface area (Å²) in [6, 6.07) is 2.79. The number of amides is 3. The third-order valence-electron chi connectivity index (χ3n) is 4.65. The van der Waals surface area contributed by atoms with Crippen molar-refractivity contribution in [3.05, 3.63) is 21.3 Å². The molecular weight excluding hydrogens is 324 g/mol. The Morgan fingerprint density at radius 3 is 2.86 bits per heavy atom. The summed E-state index contributed by atoms with van der Waals surface area (Å²) in [4.78, 5) is 38.7. The van der Waals surface area contributed by atoms with Crippen LogP contribution in [-0.2, 0) is 4.79 Å². The van der Waals surface area contributed by atoms with E-state index in [4.69, 9.17) is 11.6 Å². The van der Waals surface area contributed by atoms with E-state index in [1.807, 2.05) is 6.92 Å². The number of imide groups is 1. The van der Waals surface area contributed by atoms with Crippen molar-refractivity contribution >= 4 is 40.7 Å². The molecule has 5 nitrogen and oxygen atoms in total. The molecule has 0 radical (unpaired) electrons. The Morgan fingerprint density at radius 2 is 2.23 bits per heavy atom. The molecule has 7 heteroatoms. The largest absolute Gasteiger partial charge is 0.325 e. The molecule has 1 saturated carbocycles. The molecule has 1 N–H and O–H groups in total. The van der Waals surface area contributed by atoms with Crippen LogP contribution >= 0.6 is 22.9 Å². The van der Waals surface area contributed by atoms with Gasteiger partial charge in [0.25, 0.3) is 5.91 Å². The summed E-state index contributed by atoms with van der Waals surface area (Å²) >= 11 is 6.98. The van der Waals surface area contributed by atoms with Crippen LogP contribution in [0.1, 0.15) is 42.3 Å². The van der Waals surface area contributed by atoms with E-state index in [0.29, 0.717) is 15.6 Å². The lowest BCUT2D eigenvalue weighted by molar-refractivity contribution is -0.133. The molecule has 2 fully saturated rings. The van der Waals surface area contributed by atoms with E-state index < -0.39 is 11.6 Å². The molecule has 0 bridgehead atoms. The SMILES string of the molecule is C[C@@H]1CCCC[C@@]12NC(=O)N(CC(=O)c1ccc(Cl)s1)C2=O. The maximum atomic E-state index is 12.7. The van der Waals surface area contributed by atoms with Crippen LogP contribution in [0.2, 0.25) is 4.34 Å².